The molecule has 1 amide bonds. The third-order valence-corrected chi connectivity index (χ3v) is 5.85. The Labute approximate surface area is 199 Å². The number of hydrogen-bond donors (Lipinski definition) is 3. The summed E-state index contributed by atoms with van der Waals surface area (Å²) in [5.74, 6) is -0.433. The molecule has 0 saturated carbocycles. The molecule has 1 heterocycles. The minimum atomic E-state index is -1.00. The third-order valence-electron chi connectivity index (χ3n) is 5.85. The Balaban J connectivity index is 1.45. The monoisotopic (exact) mass is 456 g/mol. The molecule has 0 bridgehead atoms. The number of allylic oxidation sites excluding steroid dienone is 4. The van der Waals surface area contributed by atoms with Crippen LogP contribution in [0.25, 0.3) is 5.57 Å². The number of carboxylic acid groups (broad SMARTS) is 1. The topological polar surface area (TPSA) is 87.7 Å². The summed E-state index contributed by atoms with van der Waals surface area (Å²) in [6.07, 6.45) is 14.3. The number of hydrogen-bond acceptors (Lipinski definition) is 4. The van der Waals surface area contributed by atoms with E-state index in [2.05, 4.69) is 16.7 Å². The highest BCUT2D eigenvalue weighted by atomic mass is 16.5. The fourth-order valence-corrected chi connectivity index (χ4v) is 4.27. The van der Waals surface area contributed by atoms with Gasteiger partial charge in [0.25, 0.3) is 0 Å². The van der Waals surface area contributed by atoms with E-state index in [4.69, 9.17) is 9.84 Å². The first-order valence-corrected chi connectivity index (χ1v) is 11.4. The van der Waals surface area contributed by atoms with Gasteiger partial charge in [0.15, 0.2) is 6.61 Å². The van der Waals surface area contributed by atoms with Crippen molar-refractivity contribution in [1.82, 2.24) is 10.6 Å². The highest BCUT2D eigenvalue weighted by molar-refractivity contribution is 5.81. The number of nitrogens with one attached hydrogen (secondary N) is 2. The molecule has 6 heteroatoms. The lowest BCUT2D eigenvalue weighted by Gasteiger charge is -2.22. The molecule has 2 aromatic rings. The van der Waals surface area contributed by atoms with Crippen LogP contribution in [0.15, 0.2) is 90.8 Å². The number of aliphatic carboxylic acids is 1. The van der Waals surface area contributed by atoms with Gasteiger partial charge in [0.05, 0.1) is 6.04 Å². The van der Waals surface area contributed by atoms with Crippen molar-refractivity contribution in [2.45, 2.75) is 31.7 Å². The van der Waals surface area contributed by atoms with Crippen molar-refractivity contribution >= 4 is 17.4 Å². The summed E-state index contributed by atoms with van der Waals surface area (Å²) in [5.41, 5.74) is 5.11. The number of carbonyl (C=O) groups is 2. The Kier molecular flexibility index (Phi) is 7.60. The lowest BCUT2D eigenvalue weighted by Crippen LogP contribution is -2.29. The van der Waals surface area contributed by atoms with Gasteiger partial charge in [-0.25, -0.2) is 4.79 Å². The van der Waals surface area contributed by atoms with Crippen LogP contribution >= 0.6 is 0 Å². The van der Waals surface area contributed by atoms with Gasteiger partial charge in [-0.15, -0.1) is 0 Å². The van der Waals surface area contributed by atoms with Gasteiger partial charge in [0.2, 0.25) is 5.91 Å². The van der Waals surface area contributed by atoms with Gasteiger partial charge in [0, 0.05) is 24.4 Å². The standard InChI is InChI=1S/C28H28N2O4/c31-26(30-28(21-8-2-1-3-9-21)22-10-4-5-17-29-18-22)16-15-20-11-6-13-24-23(20)12-7-14-25(24)34-19-27(32)33/h1-5,7-12,14,17-18,28-29H,6,13,15-16,19H2,(H,30,31)(H,32,33). The molecule has 4 rings (SSSR count). The van der Waals surface area contributed by atoms with E-state index in [-0.39, 0.29) is 18.6 Å². The molecule has 1 unspecified atom stereocenters. The van der Waals surface area contributed by atoms with Crippen LogP contribution in [-0.2, 0) is 16.0 Å². The van der Waals surface area contributed by atoms with Gasteiger partial charge in [-0.2, -0.15) is 0 Å². The highest BCUT2D eigenvalue weighted by Crippen LogP contribution is 2.35. The second-order valence-electron chi connectivity index (χ2n) is 8.17. The normalized spacial score (nSPS) is 15.2. The molecule has 3 N–H and O–H groups in total. The summed E-state index contributed by atoms with van der Waals surface area (Å²) in [5, 5.41) is 15.3. The van der Waals surface area contributed by atoms with E-state index in [1.54, 1.807) is 6.07 Å². The van der Waals surface area contributed by atoms with E-state index in [1.807, 2.05) is 73.1 Å². The summed E-state index contributed by atoms with van der Waals surface area (Å²) in [6.45, 7) is -0.368. The van der Waals surface area contributed by atoms with Gasteiger partial charge < -0.3 is 20.5 Å². The first kappa shape index (κ1) is 23.1. The first-order chi connectivity index (χ1) is 16.6. The van der Waals surface area contributed by atoms with E-state index >= 15 is 0 Å². The average molecular weight is 457 g/mol. The predicted octanol–water partition coefficient (Wildman–Crippen LogP) is 4.67. The summed E-state index contributed by atoms with van der Waals surface area (Å²) in [7, 11) is 0. The molecule has 6 nitrogen and oxygen atoms in total. The van der Waals surface area contributed by atoms with Crippen LogP contribution in [0.2, 0.25) is 0 Å². The fraction of sp³-hybridized carbons (Fsp3) is 0.214. The second kappa shape index (κ2) is 11.2. The molecule has 0 radical (unpaired) electrons. The molecule has 0 spiro atoms. The summed E-state index contributed by atoms with van der Waals surface area (Å²) in [4.78, 5) is 23.9. The van der Waals surface area contributed by atoms with Gasteiger partial charge in [0.1, 0.15) is 5.75 Å². The predicted molar refractivity (Wildman–Crippen MR) is 132 cm³/mol. The van der Waals surface area contributed by atoms with E-state index in [0.29, 0.717) is 18.6 Å². The van der Waals surface area contributed by atoms with Crippen LogP contribution in [0.1, 0.15) is 42.0 Å². The van der Waals surface area contributed by atoms with E-state index in [9.17, 15) is 9.59 Å². The molecule has 34 heavy (non-hydrogen) atoms. The number of fused-ring (bicyclic) bond motifs is 1. The Morgan fingerprint density at radius 2 is 1.94 bits per heavy atom. The van der Waals surface area contributed by atoms with Gasteiger partial charge >= 0.3 is 5.97 Å². The number of ether oxygens (including phenoxy) is 1. The fourth-order valence-electron chi connectivity index (χ4n) is 4.27. The lowest BCUT2D eigenvalue weighted by atomic mass is 9.87. The van der Waals surface area contributed by atoms with Gasteiger partial charge in [-0.05, 0) is 53.7 Å². The smallest absolute Gasteiger partial charge is 0.341 e. The minimum Gasteiger partial charge on any atom is -0.482 e. The van der Waals surface area contributed by atoms with Crippen LogP contribution in [-0.4, -0.2) is 23.6 Å². The molecule has 1 aliphatic heterocycles. The number of benzene rings is 2. The van der Waals surface area contributed by atoms with E-state index in [0.717, 1.165) is 40.7 Å². The van der Waals surface area contributed by atoms with Gasteiger partial charge in [-0.3, -0.25) is 4.79 Å². The van der Waals surface area contributed by atoms with Crippen LogP contribution in [0.4, 0.5) is 0 Å². The Morgan fingerprint density at radius 3 is 2.76 bits per heavy atom. The van der Waals surface area contributed by atoms with Gasteiger partial charge in [-0.1, -0.05) is 60.7 Å². The van der Waals surface area contributed by atoms with Crippen molar-refractivity contribution in [1.29, 1.82) is 0 Å². The first-order valence-electron chi connectivity index (χ1n) is 11.4. The molecule has 0 aromatic heterocycles. The maximum Gasteiger partial charge on any atom is 0.341 e. The van der Waals surface area contributed by atoms with E-state index in [1.165, 1.54) is 0 Å². The second-order valence-corrected chi connectivity index (χ2v) is 8.17. The molecule has 174 valence electrons. The molecule has 0 fully saturated rings. The zero-order chi connectivity index (χ0) is 23.8. The molecule has 2 aliphatic rings. The number of amides is 1. The summed E-state index contributed by atoms with van der Waals surface area (Å²) in [6, 6.07) is 15.3. The van der Waals surface area contributed by atoms with Crippen molar-refractivity contribution < 1.29 is 19.4 Å². The van der Waals surface area contributed by atoms with Crippen molar-refractivity contribution in [3.8, 4) is 5.75 Å². The SMILES string of the molecule is O=C(O)COc1cccc2c1CCC=C2CCC(=O)NC(C1=CNC=CC=C1)c1ccccc1. The van der Waals surface area contributed by atoms with Crippen LogP contribution in [0, 0.1) is 0 Å². The Hall–Kier alpha value is -4.06. The minimum absolute atomic E-state index is 0.0355. The van der Waals surface area contributed by atoms with Crippen molar-refractivity contribution in [3.05, 3.63) is 107 Å². The molecule has 2 aromatic carbocycles. The highest BCUT2D eigenvalue weighted by Gasteiger charge is 2.21. The van der Waals surface area contributed by atoms with Crippen molar-refractivity contribution in [2.24, 2.45) is 0 Å². The molecule has 0 saturated heterocycles. The summed E-state index contributed by atoms with van der Waals surface area (Å²) < 4.78 is 5.49. The quantitative estimate of drug-likeness (QED) is 0.510. The Bertz CT molecular complexity index is 1160. The van der Waals surface area contributed by atoms with Crippen LogP contribution in [0.3, 0.4) is 0 Å². The van der Waals surface area contributed by atoms with Crippen LogP contribution in [0.5, 0.6) is 5.75 Å². The van der Waals surface area contributed by atoms with Crippen LogP contribution < -0.4 is 15.4 Å². The largest absolute Gasteiger partial charge is 0.482 e. The van der Waals surface area contributed by atoms with Crippen molar-refractivity contribution in [2.75, 3.05) is 6.61 Å². The number of rotatable bonds is 9. The zero-order valence-electron chi connectivity index (χ0n) is 18.9. The Morgan fingerprint density at radius 1 is 1.09 bits per heavy atom. The maximum absolute atomic E-state index is 13.0. The zero-order valence-corrected chi connectivity index (χ0v) is 18.9. The maximum atomic E-state index is 13.0. The lowest BCUT2D eigenvalue weighted by molar-refractivity contribution is -0.139. The average Bonchev–Trinajstić information content (AvgIpc) is 3.14. The van der Waals surface area contributed by atoms with E-state index < -0.39 is 5.97 Å². The number of carboxylic acids is 1. The molecule has 1 atom stereocenters. The van der Waals surface area contributed by atoms with Crippen molar-refractivity contribution in [3.63, 3.8) is 0 Å². The number of carbonyl (C=O) groups excluding carboxylic acids is 1. The molecular weight excluding hydrogens is 428 g/mol. The summed E-state index contributed by atoms with van der Waals surface area (Å²) >= 11 is 0. The molecule has 1 aliphatic carbocycles. The molecular formula is C28H28N2O4. The third kappa shape index (κ3) is 5.84.